The van der Waals surface area contributed by atoms with Crippen LogP contribution in [0, 0.1) is 0 Å². The van der Waals surface area contributed by atoms with Crippen molar-refractivity contribution < 1.29 is 18.0 Å². The fraction of sp³-hybridized carbons (Fsp3) is 0.500. The Labute approximate surface area is 115 Å². The Morgan fingerprint density at radius 3 is 2.25 bits per heavy atom. The van der Waals surface area contributed by atoms with Crippen LogP contribution >= 0.6 is 0 Å². The molecular formula is C14H17F3N2O. The normalized spacial score (nSPS) is 16.8. The van der Waals surface area contributed by atoms with Crippen LogP contribution in [0.2, 0.25) is 0 Å². The molecule has 20 heavy (non-hydrogen) atoms. The second-order valence-corrected chi connectivity index (χ2v) is 4.98. The van der Waals surface area contributed by atoms with E-state index in [2.05, 4.69) is 5.32 Å². The van der Waals surface area contributed by atoms with Crippen LogP contribution in [0.5, 0.6) is 0 Å². The Balaban J connectivity index is 2.07. The standard InChI is InChI=1S/C14H17F3N2O/c15-14(16,17)13(20)19-12-9-5-4-8-11(12)18-10-6-2-1-3-7-10/h4-5,8-10,18H,1-3,6-7H2,(H,19,20). The highest BCUT2D eigenvalue weighted by atomic mass is 19.4. The minimum absolute atomic E-state index is 0.167. The lowest BCUT2D eigenvalue weighted by molar-refractivity contribution is -0.167. The predicted octanol–water partition coefficient (Wildman–Crippen LogP) is 3.93. The SMILES string of the molecule is O=C(Nc1ccccc1NC1CCCCC1)C(F)(F)F. The van der Waals surface area contributed by atoms with Gasteiger partial charge in [0.05, 0.1) is 11.4 Å². The van der Waals surface area contributed by atoms with Gasteiger partial charge in [0.25, 0.3) is 0 Å². The average Bonchev–Trinajstić information content (AvgIpc) is 2.41. The van der Waals surface area contributed by atoms with E-state index in [1.54, 1.807) is 18.2 Å². The maximum Gasteiger partial charge on any atom is 0.471 e. The van der Waals surface area contributed by atoms with E-state index in [0.29, 0.717) is 5.69 Å². The van der Waals surface area contributed by atoms with Gasteiger partial charge in [-0.1, -0.05) is 31.4 Å². The van der Waals surface area contributed by atoms with Gasteiger partial charge in [-0.15, -0.1) is 0 Å². The van der Waals surface area contributed by atoms with E-state index in [4.69, 9.17) is 0 Å². The highest BCUT2D eigenvalue weighted by molar-refractivity contribution is 5.97. The third-order valence-corrected chi connectivity index (χ3v) is 3.40. The summed E-state index contributed by atoms with van der Waals surface area (Å²) in [4.78, 5) is 11.0. The van der Waals surface area contributed by atoms with Gasteiger partial charge in [0, 0.05) is 6.04 Å². The summed E-state index contributed by atoms with van der Waals surface area (Å²) in [6, 6.07) is 6.73. The minimum Gasteiger partial charge on any atom is -0.381 e. The van der Waals surface area contributed by atoms with E-state index in [-0.39, 0.29) is 11.7 Å². The first-order chi connectivity index (χ1) is 9.47. The first kappa shape index (κ1) is 14.7. The van der Waals surface area contributed by atoms with Gasteiger partial charge in [-0.2, -0.15) is 13.2 Å². The number of hydrogen-bond acceptors (Lipinski definition) is 2. The van der Waals surface area contributed by atoms with E-state index in [9.17, 15) is 18.0 Å². The monoisotopic (exact) mass is 286 g/mol. The van der Waals surface area contributed by atoms with Gasteiger partial charge in [-0.3, -0.25) is 4.79 Å². The lowest BCUT2D eigenvalue weighted by Crippen LogP contribution is -2.30. The molecule has 1 aromatic carbocycles. The highest BCUT2D eigenvalue weighted by Gasteiger charge is 2.39. The van der Waals surface area contributed by atoms with Gasteiger partial charge < -0.3 is 10.6 Å². The summed E-state index contributed by atoms with van der Waals surface area (Å²) in [6.07, 6.45) is 0.565. The zero-order chi connectivity index (χ0) is 14.6. The van der Waals surface area contributed by atoms with E-state index in [0.717, 1.165) is 25.7 Å². The Kier molecular flexibility index (Phi) is 4.52. The molecule has 0 atom stereocenters. The molecule has 0 bridgehead atoms. The molecule has 1 aliphatic rings. The third-order valence-electron chi connectivity index (χ3n) is 3.40. The number of halogens is 3. The number of carbonyl (C=O) groups excluding carboxylic acids is 1. The van der Waals surface area contributed by atoms with E-state index >= 15 is 0 Å². The first-order valence-electron chi connectivity index (χ1n) is 6.70. The molecule has 1 saturated carbocycles. The van der Waals surface area contributed by atoms with Crippen LogP contribution in [-0.2, 0) is 4.79 Å². The lowest BCUT2D eigenvalue weighted by Gasteiger charge is -2.25. The largest absolute Gasteiger partial charge is 0.471 e. The summed E-state index contributed by atoms with van der Waals surface area (Å²) in [7, 11) is 0. The highest BCUT2D eigenvalue weighted by Crippen LogP contribution is 2.28. The Bertz CT molecular complexity index is 468. The van der Waals surface area contributed by atoms with Crippen molar-refractivity contribution in [3.8, 4) is 0 Å². The van der Waals surface area contributed by atoms with Crippen molar-refractivity contribution in [3.05, 3.63) is 24.3 Å². The number of amides is 1. The van der Waals surface area contributed by atoms with Crippen molar-refractivity contribution in [3.63, 3.8) is 0 Å². The van der Waals surface area contributed by atoms with Crippen molar-refractivity contribution in [1.82, 2.24) is 0 Å². The molecule has 1 fully saturated rings. The van der Waals surface area contributed by atoms with Gasteiger partial charge in [0.2, 0.25) is 0 Å². The number of anilines is 2. The topological polar surface area (TPSA) is 41.1 Å². The Morgan fingerprint density at radius 1 is 1.05 bits per heavy atom. The van der Waals surface area contributed by atoms with Gasteiger partial charge in [0.1, 0.15) is 0 Å². The molecule has 1 aliphatic carbocycles. The fourth-order valence-corrected chi connectivity index (χ4v) is 2.38. The minimum atomic E-state index is -4.88. The Morgan fingerprint density at radius 2 is 1.65 bits per heavy atom. The number of hydrogen-bond donors (Lipinski definition) is 2. The predicted molar refractivity (Wildman–Crippen MR) is 71.6 cm³/mol. The average molecular weight is 286 g/mol. The first-order valence-corrected chi connectivity index (χ1v) is 6.70. The summed E-state index contributed by atoms with van der Waals surface area (Å²) in [5.74, 6) is -1.95. The van der Waals surface area contributed by atoms with Crippen molar-refractivity contribution in [2.24, 2.45) is 0 Å². The van der Waals surface area contributed by atoms with Crippen LogP contribution < -0.4 is 10.6 Å². The lowest BCUT2D eigenvalue weighted by atomic mass is 9.95. The van der Waals surface area contributed by atoms with Crippen LogP contribution in [0.25, 0.3) is 0 Å². The van der Waals surface area contributed by atoms with Crippen molar-refractivity contribution >= 4 is 17.3 Å². The van der Waals surface area contributed by atoms with Gasteiger partial charge in [-0.25, -0.2) is 0 Å². The molecule has 3 nitrogen and oxygen atoms in total. The molecule has 0 radical (unpaired) electrons. The van der Waals surface area contributed by atoms with Crippen molar-refractivity contribution in [1.29, 1.82) is 0 Å². The third kappa shape index (κ3) is 3.88. The molecule has 1 amide bonds. The van der Waals surface area contributed by atoms with Crippen molar-refractivity contribution in [2.75, 3.05) is 10.6 Å². The summed E-state index contributed by atoms with van der Waals surface area (Å²) in [6.45, 7) is 0. The summed E-state index contributed by atoms with van der Waals surface area (Å²) in [5, 5.41) is 5.14. The molecule has 1 aromatic rings. The van der Waals surface area contributed by atoms with Crippen molar-refractivity contribution in [2.45, 2.75) is 44.3 Å². The molecule has 0 unspecified atom stereocenters. The number of nitrogens with one attached hydrogen (secondary N) is 2. The summed E-state index contributed by atoms with van der Waals surface area (Å²) < 4.78 is 36.9. The number of rotatable bonds is 3. The van der Waals surface area contributed by atoms with E-state index in [1.165, 1.54) is 12.5 Å². The molecule has 0 saturated heterocycles. The van der Waals surface area contributed by atoms with E-state index in [1.807, 2.05) is 5.32 Å². The van der Waals surface area contributed by atoms with Crippen LogP contribution in [-0.4, -0.2) is 18.1 Å². The molecule has 0 aliphatic heterocycles. The zero-order valence-corrected chi connectivity index (χ0v) is 11.0. The van der Waals surface area contributed by atoms with Crippen LogP contribution in [0.1, 0.15) is 32.1 Å². The zero-order valence-electron chi connectivity index (χ0n) is 11.0. The molecule has 6 heteroatoms. The number of alkyl halides is 3. The van der Waals surface area contributed by atoms with Crippen LogP contribution in [0.3, 0.4) is 0 Å². The second kappa shape index (κ2) is 6.15. The number of benzene rings is 1. The summed E-state index contributed by atoms with van der Waals surface area (Å²) >= 11 is 0. The second-order valence-electron chi connectivity index (χ2n) is 4.98. The van der Waals surface area contributed by atoms with Gasteiger partial charge in [-0.05, 0) is 25.0 Å². The molecule has 0 heterocycles. The molecule has 110 valence electrons. The number of para-hydroxylation sites is 2. The van der Waals surface area contributed by atoms with Crippen LogP contribution in [0.4, 0.5) is 24.5 Å². The molecular weight excluding hydrogens is 269 g/mol. The van der Waals surface area contributed by atoms with E-state index < -0.39 is 12.1 Å². The number of carbonyl (C=O) groups is 1. The maximum atomic E-state index is 12.3. The van der Waals surface area contributed by atoms with Gasteiger partial charge >= 0.3 is 12.1 Å². The molecule has 0 aromatic heterocycles. The quantitative estimate of drug-likeness (QED) is 0.884. The molecule has 2 rings (SSSR count). The molecule has 0 spiro atoms. The fourth-order valence-electron chi connectivity index (χ4n) is 2.38. The molecule has 2 N–H and O–H groups in total. The van der Waals surface area contributed by atoms with Gasteiger partial charge in [0.15, 0.2) is 0 Å². The Hall–Kier alpha value is -1.72. The smallest absolute Gasteiger partial charge is 0.381 e. The maximum absolute atomic E-state index is 12.3. The van der Waals surface area contributed by atoms with Crippen LogP contribution in [0.15, 0.2) is 24.3 Å². The summed E-state index contributed by atoms with van der Waals surface area (Å²) in [5.41, 5.74) is 0.706.